The Bertz CT molecular complexity index is 602. The molecular weight excluding hydrogens is 230 g/mol. The number of anilines is 1. The lowest BCUT2D eigenvalue weighted by atomic mass is 10.2. The fourth-order valence-electron chi connectivity index (χ4n) is 1.52. The van der Waals surface area contributed by atoms with Crippen LogP contribution in [-0.4, -0.2) is 21.7 Å². The van der Waals surface area contributed by atoms with Crippen LogP contribution in [0, 0.1) is 6.92 Å². The molecule has 0 atom stereocenters. The summed E-state index contributed by atoms with van der Waals surface area (Å²) < 4.78 is 0. The Hall–Kier alpha value is -2.43. The molecule has 2 N–H and O–H groups in total. The molecule has 1 amide bonds. The van der Waals surface area contributed by atoms with Crippen molar-refractivity contribution in [1.29, 1.82) is 0 Å². The molecule has 0 aromatic carbocycles. The topological polar surface area (TPSA) is 74.8 Å². The van der Waals surface area contributed by atoms with Crippen molar-refractivity contribution in [2.75, 3.05) is 5.32 Å². The van der Waals surface area contributed by atoms with Gasteiger partial charge in [0.25, 0.3) is 5.91 Å². The van der Waals surface area contributed by atoms with Crippen LogP contribution < -0.4 is 5.32 Å². The number of hydrogen-bond acceptors (Lipinski definition) is 3. The summed E-state index contributed by atoms with van der Waals surface area (Å²) in [6, 6.07) is 5.14. The van der Waals surface area contributed by atoms with Crippen LogP contribution in [0.5, 0.6) is 0 Å². The summed E-state index contributed by atoms with van der Waals surface area (Å²) in [6.07, 6.45) is 3.14. The Labute approximate surface area is 104 Å². The third kappa shape index (κ3) is 2.63. The molecule has 0 saturated carbocycles. The van der Waals surface area contributed by atoms with E-state index >= 15 is 0 Å². The van der Waals surface area contributed by atoms with Gasteiger partial charge in [-0.05, 0) is 37.6 Å². The van der Waals surface area contributed by atoms with Gasteiger partial charge in [0, 0.05) is 18.0 Å². The predicted molar refractivity (Wildman–Crippen MR) is 67.7 cm³/mol. The average molecular weight is 243 g/mol. The van der Waals surface area contributed by atoms with Crippen LogP contribution in [0.25, 0.3) is 0 Å². The second-order valence-electron chi connectivity index (χ2n) is 4.03. The first-order chi connectivity index (χ1) is 8.56. The van der Waals surface area contributed by atoms with E-state index in [1.54, 1.807) is 12.3 Å². The lowest BCUT2D eigenvalue weighted by molar-refractivity contribution is 0.101. The van der Waals surface area contributed by atoms with Crippen molar-refractivity contribution in [1.82, 2.24) is 9.97 Å². The highest BCUT2D eigenvalue weighted by molar-refractivity contribution is 6.04. The van der Waals surface area contributed by atoms with E-state index < -0.39 is 0 Å². The second-order valence-corrected chi connectivity index (χ2v) is 4.03. The summed E-state index contributed by atoms with van der Waals surface area (Å²) in [5.74, 6) is 0.0820. The molecule has 0 aliphatic heterocycles. The van der Waals surface area contributed by atoms with Crippen molar-refractivity contribution in [3.63, 3.8) is 0 Å². The van der Waals surface area contributed by atoms with Crippen molar-refractivity contribution in [2.24, 2.45) is 0 Å². The van der Waals surface area contributed by atoms with Crippen molar-refractivity contribution in [3.05, 3.63) is 47.4 Å². The maximum Gasteiger partial charge on any atom is 0.273 e. The number of ketones is 1. The van der Waals surface area contributed by atoms with Crippen LogP contribution in [-0.2, 0) is 0 Å². The fraction of sp³-hybridized carbons (Fsp3) is 0.154. The number of carbonyl (C=O) groups is 2. The molecule has 0 saturated heterocycles. The number of hydrogen-bond donors (Lipinski definition) is 2. The zero-order valence-electron chi connectivity index (χ0n) is 10.2. The lowest BCUT2D eigenvalue weighted by Gasteiger charge is -2.02. The SMILES string of the molecule is CC(=O)c1c[nH]c(C(=O)Nc2cc(C)ccn2)c1. The molecule has 0 spiro atoms. The molecule has 18 heavy (non-hydrogen) atoms. The minimum absolute atomic E-state index is 0.0843. The number of rotatable bonds is 3. The molecule has 2 aromatic heterocycles. The maximum atomic E-state index is 11.9. The molecule has 5 heteroatoms. The van der Waals surface area contributed by atoms with Gasteiger partial charge in [-0.15, -0.1) is 0 Å². The van der Waals surface area contributed by atoms with Gasteiger partial charge in [-0.2, -0.15) is 0 Å². The summed E-state index contributed by atoms with van der Waals surface area (Å²) in [7, 11) is 0. The first-order valence-electron chi connectivity index (χ1n) is 5.49. The molecule has 5 nitrogen and oxygen atoms in total. The quantitative estimate of drug-likeness (QED) is 0.811. The Kier molecular flexibility index (Phi) is 3.23. The molecular formula is C13H13N3O2. The number of aromatic nitrogens is 2. The Morgan fingerprint density at radius 2 is 2.11 bits per heavy atom. The third-order valence-corrected chi connectivity index (χ3v) is 2.49. The van der Waals surface area contributed by atoms with Gasteiger partial charge in [0.15, 0.2) is 5.78 Å². The number of aryl methyl sites for hydroxylation is 1. The van der Waals surface area contributed by atoms with Gasteiger partial charge >= 0.3 is 0 Å². The Morgan fingerprint density at radius 1 is 1.33 bits per heavy atom. The van der Waals surface area contributed by atoms with Crippen molar-refractivity contribution in [3.8, 4) is 0 Å². The van der Waals surface area contributed by atoms with Crippen molar-refractivity contribution in [2.45, 2.75) is 13.8 Å². The molecule has 2 aromatic rings. The van der Waals surface area contributed by atoms with E-state index in [0.29, 0.717) is 17.1 Å². The second kappa shape index (κ2) is 4.83. The lowest BCUT2D eigenvalue weighted by Crippen LogP contribution is -2.13. The van der Waals surface area contributed by atoms with Gasteiger partial charge in [-0.1, -0.05) is 0 Å². The van der Waals surface area contributed by atoms with E-state index in [1.807, 2.05) is 13.0 Å². The number of H-pyrrole nitrogens is 1. The summed E-state index contributed by atoms with van der Waals surface area (Å²) in [4.78, 5) is 29.8. The van der Waals surface area contributed by atoms with Gasteiger partial charge in [-0.3, -0.25) is 9.59 Å². The fourth-order valence-corrected chi connectivity index (χ4v) is 1.52. The molecule has 92 valence electrons. The van der Waals surface area contributed by atoms with Crippen molar-refractivity contribution < 1.29 is 9.59 Å². The molecule has 0 aliphatic rings. The number of Topliss-reactive ketones (excluding diaryl/α,β-unsaturated/α-hetero) is 1. The molecule has 0 unspecified atom stereocenters. The van der Waals surface area contributed by atoms with Crippen LogP contribution in [0.2, 0.25) is 0 Å². The predicted octanol–water partition coefficient (Wildman–Crippen LogP) is 2.17. The monoisotopic (exact) mass is 243 g/mol. The molecule has 2 heterocycles. The number of pyridine rings is 1. The number of aromatic amines is 1. The summed E-state index contributed by atoms with van der Waals surface area (Å²) >= 11 is 0. The Morgan fingerprint density at radius 3 is 2.72 bits per heavy atom. The van der Waals surface area contributed by atoms with Crippen LogP contribution in [0.4, 0.5) is 5.82 Å². The van der Waals surface area contributed by atoms with Crippen LogP contribution in [0.3, 0.4) is 0 Å². The van der Waals surface area contributed by atoms with Gasteiger partial charge < -0.3 is 10.3 Å². The van der Waals surface area contributed by atoms with E-state index in [2.05, 4.69) is 15.3 Å². The highest BCUT2D eigenvalue weighted by Crippen LogP contribution is 2.09. The normalized spacial score (nSPS) is 10.1. The minimum Gasteiger partial charge on any atom is -0.356 e. The molecule has 0 fully saturated rings. The number of carbonyl (C=O) groups excluding carboxylic acids is 2. The highest BCUT2D eigenvalue weighted by Gasteiger charge is 2.11. The van der Waals surface area contributed by atoms with E-state index in [1.165, 1.54) is 19.2 Å². The molecule has 0 aliphatic carbocycles. The number of nitrogens with one attached hydrogen (secondary N) is 2. The van der Waals surface area contributed by atoms with E-state index in [9.17, 15) is 9.59 Å². The number of amides is 1. The maximum absolute atomic E-state index is 11.9. The third-order valence-electron chi connectivity index (χ3n) is 2.49. The minimum atomic E-state index is -0.319. The summed E-state index contributed by atoms with van der Waals surface area (Å²) in [5, 5.41) is 2.66. The van der Waals surface area contributed by atoms with Gasteiger partial charge in [0.05, 0.1) is 0 Å². The van der Waals surface area contributed by atoms with E-state index in [-0.39, 0.29) is 11.7 Å². The van der Waals surface area contributed by atoms with E-state index in [4.69, 9.17) is 0 Å². The van der Waals surface area contributed by atoms with Crippen LogP contribution >= 0.6 is 0 Å². The molecule has 0 bridgehead atoms. The molecule has 0 radical (unpaired) electrons. The Balaban J connectivity index is 2.14. The zero-order chi connectivity index (χ0) is 13.1. The smallest absolute Gasteiger partial charge is 0.273 e. The summed E-state index contributed by atoms with van der Waals surface area (Å²) in [5.41, 5.74) is 1.83. The first kappa shape index (κ1) is 12.0. The highest BCUT2D eigenvalue weighted by atomic mass is 16.2. The number of nitrogens with zero attached hydrogens (tertiary/aromatic N) is 1. The first-order valence-corrected chi connectivity index (χ1v) is 5.49. The van der Waals surface area contributed by atoms with Crippen LogP contribution in [0.1, 0.15) is 33.3 Å². The standard InChI is InChI=1S/C13H13N3O2/c1-8-3-4-14-12(5-8)16-13(18)11-6-10(7-15-11)9(2)17/h3-7,15H,1-2H3,(H,14,16,18). The van der Waals surface area contributed by atoms with Gasteiger partial charge in [0.2, 0.25) is 0 Å². The zero-order valence-corrected chi connectivity index (χ0v) is 10.2. The van der Waals surface area contributed by atoms with E-state index in [0.717, 1.165) is 5.56 Å². The van der Waals surface area contributed by atoms with Crippen LogP contribution in [0.15, 0.2) is 30.6 Å². The van der Waals surface area contributed by atoms with Gasteiger partial charge in [0.1, 0.15) is 11.5 Å². The van der Waals surface area contributed by atoms with Gasteiger partial charge in [-0.25, -0.2) is 4.98 Å². The molecule has 2 rings (SSSR count). The largest absolute Gasteiger partial charge is 0.356 e. The average Bonchev–Trinajstić information content (AvgIpc) is 2.78. The summed E-state index contributed by atoms with van der Waals surface area (Å²) in [6.45, 7) is 3.37. The van der Waals surface area contributed by atoms with Crippen molar-refractivity contribution >= 4 is 17.5 Å².